The number of hydrogen-bond donors (Lipinski definition) is 1. The molecular weight excluding hydrogens is 350 g/mol. The second kappa shape index (κ2) is 7.08. The predicted octanol–water partition coefficient (Wildman–Crippen LogP) is 2.47. The van der Waals surface area contributed by atoms with E-state index >= 15 is 0 Å². The van der Waals surface area contributed by atoms with Crippen LogP contribution in [0.15, 0.2) is 52.0 Å². The summed E-state index contributed by atoms with van der Waals surface area (Å²) >= 11 is 0. The molecule has 0 radical (unpaired) electrons. The largest absolute Gasteiger partial charge is 0.468 e. The molecular formula is C16H21NO5S2. The summed E-state index contributed by atoms with van der Waals surface area (Å²) < 4.78 is 56.0. The quantitative estimate of drug-likeness (QED) is 0.807. The van der Waals surface area contributed by atoms with Crippen molar-refractivity contribution in [3.63, 3.8) is 0 Å². The molecule has 0 fully saturated rings. The Balaban J connectivity index is 2.39. The van der Waals surface area contributed by atoms with Crippen LogP contribution >= 0.6 is 0 Å². The first kappa shape index (κ1) is 18.7. The average Bonchev–Trinajstić information content (AvgIpc) is 3.00. The Kier molecular flexibility index (Phi) is 5.52. The van der Waals surface area contributed by atoms with Crippen LogP contribution in [0.4, 0.5) is 0 Å². The Morgan fingerprint density at radius 3 is 2.12 bits per heavy atom. The fourth-order valence-electron chi connectivity index (χ4n) is 2.27. The van der Waals surface area contributed by atoms with Crippen molar-refractivity contribution in [2.24, 2.45) is 0 Å². The lowest BCUT2D eigenvalue weighted by Crippen LogP contribution is -2.31. The van der Waals surface area contributed by atoms with Crippen LogP contribution in [0.5, 0.6) is 0 Å². The smallest absolute Gasteiger partial charge is 0.208 e. The van der Waals surface area contributed by atoms with Gasteiger partial charge in [0.1, 0.15) is 11.0 Å². The maximum atomic E-state index is 12.9. The zero-order chi connectivity index (χ0) is 18.0. The van der Waals surface area contributed by atoms with Crippen molar-refractivity contribution in [3.05, 3.63) is 54.0 Å². The number of hydrogen-bond acceptors (Lipinski definition) is 5. The highest BCUT2D eigenvalue weighted by atomic mass is 32.2. The minimum atomic E-state index is -3.81. The summed E-state index contributed by atoms with van der Waals surface area (Å²) in [4.78, 5) is 0.128. The zero-order valence-electron chi connectivity index (χ0n) is 13.8. The van der Waals surface area contributed by atoms with Crippen LogP contribution in [0.3, 0.4) is 0 Å². The highest BCUT2D eigenvalue weighted by Crippen LogP contribution is 2.30. The number of sulfonamides is 1. The summed E-state index contributed by atoms with van der Waals surface area (Å²) in [7, 11) is -7.34. The molecule has 1 heterocycles. The van der Waals surface area contributed by atoms with Crippen molar-refractivity contribution >= 4 is 19.9 Å². The van der Waals surface area contributed by atoms with E-state index in [9.17, 15) is 16.8 Å². The van der Waals surface area contributed by atoms with Crippen LogP contribution in [-0.2, 0) is 19.9 Å². The molecule has 1 atom stereocenters. The Morgan fingerprint density at radius 1 is 1.04 bits per heavy atom. The third-order valence-corrected chi connectivity index (χ3v) is 6.41. The molecule has 0 spiro atoms. The van der Waals surface area contributed by atoms with Gasteiger partial charge >= 0.3 is 0 Å². The molecule has 2 aromatic rings. The van der Waals surface area contributed by atoms with E-state index in [4.69, 9.17) is 4.42 Å². The van der Waals surface area contributed by atoms with Crippen LogP contribution in [0, 0.1) is 0 Å². The topological polar surface area (TPSA) is 93.5 Å². The van der Waals surface area contributed by atoms with E-state index in [0.29, 0.717) is 0 Å². The second-order valence-electron chi connectivity index (χ2n) is 5.89. The number of nitrogens with one attached hydrogen (secondary N) is 1. The number of sulfone groups is 1. The van der Waals surface area contributed by atoms with Crippen molar-refractivity contribution in [1.29, 1.82) is 0 Å². The van der Waals surface area contributed by atoms with Crippen molar-refractivity contribution in [1.82, 2.24) is 4.72 Å². The van der Waals surface area contributed by atoms with E-state index in [-0.39, 0.29) is 23.1 Å². The van der Waals surface area contributed by atoms with Crippen LogP contribution in [0.1, 0.15) is 36.3 Å². The SMILES string of the molecule is CC(C)c1ccc(S(=O)(=O)[C@@H](CNS(C)(=O)=O)c2ccco2)cc1. The average molecular weight is 371 g/mol. The molecule has 0 unspecified atom stereocenters. The molecule has 1 N–H and O–H groups in total. The van der Waals surface area contributed by atoms with E-state index in [2.05, 4.69) is 4.72 Å². The third kappa shape index (κ3) is 4.46. The van der Waals surface area contributed by atoms with Gasteiger partial charge in [-0.05, 0) is 35.7 Å². The summed E-state index contributed by atoms with van der Waals surface area (Å²) in [6.45, 7) is 3.75. The molecule has 6 nitrogen and oxygen atoms in total. The molecule has 0 bridgehead atoms. The van der Waals surface area contributed by atoms with Gasteiger partial charge in [-0.3, -0.25) is 0 Å². The van der Waals surface area contributed by atoms with Gasteiger partial charge in [-0.15, -0.1) is 0 Å². The van der Waals surface area contributed by atoms with Crippen molar-refractivity contribution in [2.45, 2.75) is 29.9 Å². The van der Waals surface area contributed by atoms with Crippen LogP contribution in [0.2, 0.25) is 0 Å². The molecule has 2 rings (SSSR count). The van der Waals surface area contributed by atoms with Gasteiger partial charge in [0.25, 0.3) is 0 Å². The van der Waals surface area contributed by atoms with Crippen LogP contribution in [-0.4, -0.2) is 29.6 Å². The summed E-state index contributed by atoms with van der Waals surface area (Å²) in [5.41, 5.74) is 1.03. The van der Waals surface area contributed by atoms with Gasteiger partial charge in [-0.2, -0.15) is 0 Å². The van der Waals surface area contributed by atoms with E-state index in [1.54, 1.807) is 30.3 Å². The standard InChI is InChI=1S/C16H21NO5S2/c1-12(2)13-6-8-14(9-7-13)24(20,21)16(11-17-23(3,18)19)15-5-4-10-22-15/h4-10,12,16-17H,11H2,1-3H3/t16-/m0/s1. The first-order valence-corrected chi connectivity index (χ1v) is 10.9. The summed E-state index contributed by atoms with van der Waals surface area (Å²) in [5.74, 6) is 0.480. The lowest BCUT2D eigenvalue weighted by molar-refractivity contribution is 0.487. The predicted molar refractivity (Wildman–Crippen MR) is 92.0 cm³/mol. The molecule has 24 heavy (non-hydrogen) atoms. The number of benzene rings is 1. The molecule has 0 amide bonds. The molecule has 132 valence electrons. The number of furan rings is 1. The summed E-state index contributed by atoms with van der Waals surface area (Å²) in [5, 5.41) is -1.13. The lowest BCUT2D eigenvalue weighted by Gasteiger charge is -2.16. The van der Waals surface area contributed by atoms with Gasteiger partial charge in [0.15, 0.2) is 9.84 Å². The van der Waals surface area contributed by atoms with Gasteiger partial charge in [0, 0.05) is 6.54 Å². The third-order valence-electron chi connectivity index (χ3n) is 3.64. The molecule has 0 saturated heterocycles. The lowest BCUT2D eigenvalue weighted by atomic mass is 10.0. The highest BCUT2D eigenvalue weighted by Gasteiger charge is 2.32. The first-order valence-electron chi connectivity index (χ1n) is 7.43. The van der Waals surface area contributed by atoms with E-state index in [1.165, 1.54) is 12.3 Å². The molecule has 1 aromatic heterocycles. The molecule has 0 aliphatic rings. The fraction of sp³-hybridized carbons (Fsp3) is 0.375. The molecule has 1 aromatic carbocycles. The minimum absolute atomic E-state index is 0.128. The van der Waals surface area contributed by atoms with Gasteiger partial charge in [-0.1, -0.05) is 26.0 Å². The number of rotatable bonds is 7. The summed E-state index contributed by atoms with van der Waals surface area (Å²) in [6, 6.07) is 9.71. The van der Waals surface area contributed by atoms with Crippen molar-refractivity contribution in [2.75, 3.05) is 12.8 Å². The Bertz CT molecular complexity index is 867. The van der Waals surface area contributed by atoms with Crippen molar-refractivity contribution in [3.8, 4) is 0 Å². The highest BCUT2D eigenvalue weighted by molar-refractivity contribution is 7.92. The fourth-order valence-corrected chi connectivity index (χ4v) is 4.43. The Morgan fingerprint density at radius 2 is 1.67 bits per heavy atom. The first-order chi connectivity index (χ1) is 11.1. The van der Waals surface area contributed by atoms with Gasteiger partial charge < -0.3 is 4.42 Å². The monoisotopic (exact) mass is 371 g/mol. The molecule has 8 heteroatoms. The van der Waals surface area contributed by atoms with Gasteiger partial charge in [0.05, 0.1) is 17.4 Å². The van der Waals surface area contributed by atoms with Crippen molar-refractivity contribution < 1.29 is 21.3 Å². The second-order valence-corrected chi connectivity index (χ2v) is 9.86. The Hall–Kier alpha value is -1.64. The van der Waals surface area contributed by atoms with Gasteiger partial charge in [0.2, 0.25) is 10.0 Å². The zero-order valence-corrected chi connectivity index (χ0v) is 15.4. The van der Waals surface area contributed by atoms with E-state index in [0.717, 1.165) is 11.8 Å². The van der Waals surface area contributed by atoms with Gasteiger partial charge in [-0.25, -0.2) is 21.6 Å². The van der Waals surface area contributed by atoms with E-state index < -0.39 is 25.1 Å². The normalized spacial score (nSPS) is 14.0. The Labute approximate surface area is 142 Å². The van der Waals surface area contributed by atoms with E-state index in [1.807, 2.05) is 13.8 Å². The van der Waals surface area contributed by atoms with Crippen LogP contribution < -0.4 is 4.72 Å². The summed E-state index contributed by atoms with van der Waals surface area (Å²) in [6.07, 6.45) is 2.34. The molecule has 0 saturated carbocycles. The maximum absolute atomic E-state index is 12.9. The minimum Gasteiger partial charge on any atom is -0.468 e. The molecule has 0 aliphatic heterocycles. The van der Waals surface area contributed by atoms with Crippen LogP contribution in [0.25, 0.3) is 0 Å². The molecule has 0 aliphatic carbocycles. The maximum Gasteiger partial charge on any atom is 0.208 e.